The van der Waals surface area contributed by atoms with Crippen molar-refractivity contribution in [2.75, 3.05) is 46.0 Å². The summed E-state index contributed by atoms with van der Waals surface area (Å²) in [5.41, 5.74) is 1.69. The lowest BCUT2D eigenvalue weighted by atomic mass is 9.82. The average Bonchev–Trinajstić information content (AvgIpc) is 3.31. The number of ether oxygens (including phenoxy) is 2. The van der Waals surface area contributed by atoms with Gasteiger partial charge in [-0.15, -0.1) is 0 Å². The first kappa shape index (κ1) is 23.6. The second-order valence-electron chi connectivity index (χ2n) is 8.53. The summed E-state index contributed by atoms with van der Waals surface area (Å²) in [6, 6.07) is 7.98. The molecule has 1 aromatic carbocycles. The number of allylic oxidation sites excluding steroid dienone is 1. The number of aryl methyl sites for hydroxylation is 1. The van der Waals surface area contributed by atoms with Crippen molar-refractivity contribution >= 4 is 18.3 Å². The minimum atomic E-state index is -0.470. The Bertz CT molecular complexity index is 883. The third kappa shape index (κ3) is 4.88. The van der Waals surface area contributed by atoms with E-state index in [-0.39, 0.29) is 36.6 Å². The van der Waals surface area contributed by atoms with E-state index in [1.54, 1.807) is 11.8 Å². The third-order valence-electron chi connectivity index (χ3n) is 6.35. The lowest BCUT2D eigenvalue weighted by Crippen LogP contribution is -2.41. The molecule has 4 rings (SSSR count). The first-order valence-corrected chi connectivity index (χ1v) is 10.6. The molecule has 174 valence electrons. The molecule has 9 heteroatoms. The summed E-state index contributed by atoms with van der Waals surface area (Å²) in [5.74, 6) is 0.699. The van der Waals surface area contributed by atoms with Crippen molar-refractivity contribution in [2.45, 2.75) is 20.3 Å². The molecule has 2 atom stereocenters. The molecule has 3 aliphatic heterocycles. The maximum absolute atomic E-state index is 12.9. The van der Waals surface area contributed by atoms with Crippen LogP contribution in [0.25, 0.3) is 0 Å². The Labute approximate surface area is 187 Å². The van der Waals surface area contributed by atoms with Crippen LogP contribution < -0.4 is 0 Å². The molecule has 1 aromatic rings. The Morgan fingerprint density at radius 1 is 1.09 bits per heavy atom. The fourth-order valence-corrected chi connectivity index (χ4v) is 4.60. The van der Waals surface area contributed by atoms with Crippen molar-refractivity contribution < 1.29 is 34.1 Å². The van der Waals surface area contributed by atoms with Crippen LogP contribution in [0.5, 0.6) is 0 Å². The molecule has 2 N–H and O–H groups in total. The van der Waals surface area contributed by atoms with E-state index in [9.17, 15) is 14.7 Å². The van der Waals surface area contributed by atoms with Gasteiger partial charge < -0.3 is 29.5 Å². The molecule has 9 nitrogen and oxygen atoms in total. The average molecular weight is 447 g/mol. The number of aliphatic hydroxyl groups excluding tert-OH is 1. The van der Waals surface area contributed by atoms with E-state index in [1.165, 1.54) is 5.56 Å². The van der Waals surface area contributed by atoms with Crippen LogP contribution in [0, 0.1) is 18.3 Å². The normalized spacial score (nSPS) is 24.2. The molecule has 0 radical (unpaired) electrons. The number of fused-ring (bicyclic) bond motifs is 1. The zero-order valence-electron chi connectivity index (χ0n) is 18.5. The lowest BCUT2D eigenvalue weighted by molar-refractivity contribution is -0.133. The molecular formula is C23H30N2O7. The van der Waals surface area contributed by atoms with Gasteiger partial charge in [0.2, 0.25) is 11.7 Å². The molecule has 2 fully saturated rings. The molecule has 0 aromatic heterocycles. The topological polar surface area (TPSA) is 117 Å². The smallest absolute Gasteiger partial charge is 0.292 e. The van der Waals surface area contributed by atoms with Crippen LogP contribution in [0.1, 0.15) is 18.1 Å². The Balaban J connectivity index is 0.000000913. The number of benzene rings is 1. The van der Waals surface area contributed by atoms with Gasteiger partial charge in [0, 0.05) is 37.5 Å². The maximum Gasteiger partial charge on any atom is 0.292 e. The van der Waals surface area contributed by atoms with E-state index >= 15 is 0 Å². The van der Waals surface area contributed by atoms with E-state index in [4.69, 9.17) is 19.4 Å². The number of aliphatic hydroxyl groups is 1. The first-order valence-electron chi connectivity index (χ1n) is 10.6. The quantitative estimate of drug-likeness (QED) is 0.657. The number of nitrogens with zero attached hydrogens (tertiary/aromatic N) is 2. The Hall–Kier alpha value is -3.07. The second kappa shape index (κ2) is 10.0. The highest BCUT2D eigenvalue weighted by molar-refractivity contribution is 5.92. The summed E-state index contributed by atoms with van der Waals surface area (Å²) >= 11 is 0. The van der Waals surface area contributed by atoms with Gasteiger partial charge in [0.25, 0.3) is 12.4 Å². The summed E-state index contributed by atoms with van der Waals surface area (Å²) < 4.78 is 11.0. The van der Waals surface area contributed by atoms with Gasteiger partial charge >= 0.3 is 0 Å². The summed E-state index contributed by atoms with van der Waals surface area (Å²) in [4.78, 5) is 37.6. The fraction of sp³-hybridized carbons (Fsp3) is 0.522. The van der Waals surface area contributed by atoms with Gasteiger partial charge in [-0.05, 0) is 19.4 Å². The number of hydrogen-bond donors (Lipinski definition) is 2. The molecule has 0 saturated carbocycles. The predicted octanol–water partition coefficient (Wildman–Crippen LogP) is 0.796. The Morgan fingerprint density at radius 3 is 2.28 bits per heavy atom. The summed E-state index contributed by atoms with van der Waals surface area (Å²) in [6.45, 7) is 6.22. The van der Waals surface area contributed by atoms with E-state index in [1.807, 2.05) is 36.1 Å². The van der Waals surface area contributed by atoms with Crippen molar-refractivity contribution in [3.63, 3.8) is 0 Å². The van der Waals surface area contributed by atoms with E-state index in [2.05, 4.69) is 0 Å². The number of hydrogen-bond acceptors (Lipinski definition) is 6. The molecule has 3 heterocycles. The number of carbonyl (C=O) groups excluding carboxylic acids is 2. The maximum atomic E-state index is 12.9. The number of rotatable bonds is 4. The van der Waals surface area contributed by atoms with Gasteiger partial charge in [-0.25, -0.2) is 0 Å². The van der Waals surface area contributed by atoms with Crippen molar-refractivity contribution in [3.8, 4) is 0 Å². The second-order valence-corrected chi connectivity index (χ2v) is 8.53. The fourth-order valence-electron chi connectivity index (χ4n) is 4.60. The van der Waals surface area contributed by atoms with Crippen LogP contribution in [0.4, 0.5) is 0 Å². The lowest BCUT2D eigenvalue weighted by Gasteiger charge is -2.28. The molecule has 3 aliphatic rings. The molecule has 0 spiro atoms. The zero-order chi connectivity index (χ0) is 23.3. The largest absolute Gasteiger partial charge is 0.491 e. The highest BCUT2D eigenvalue weighted by Crippen LogP contribution is 2.43. The van der Waals surface area contributed by atoms with Crippen molar-refractivity contribution in [2.24, 2.45) is 11.3 Å². The standard InChI is InChI=1S/C22H28N2O5.CH2O2/c1-15-3-5-17(6-4-15)9-19(26)23-10-18-11-24(13-22(18,12-23)14-25)21(27)20-16(2)28-7-8-29-20;2-1-3/h3-6,18,25H,7-14H2,1-2H3;1H,(H,2,3)/t18-,22+;/m1./s1. The van der Waals surface area contributed by atoms with Gasteiger partial charge in [0.15, 0.2) is 0 Å². The summed E-state index contributed by atoms with van der Waals surface area (Å²) in [6.07, 6.45) is 0.356. The molecule has 0 aliphatic carbocycles. The third-order valence-corrected chi connectivity index (χ3v) is 6.35. The van der Waals surface area contributed by atoms with Crippen LogP contribution >= 0.6 is 0 Å². The molecular weight excluding hydrogens is 416 g/mol. The van der Waals surface area contributed by atoms with Crippen molar-refractivity contribution in [1.82, 2.24) is 9.80 Å². The predicted molar refractivity (Wildman–Crippen MR) is 114 cm³/mol. The van der Waals surface area contributed by atoms with Crippen LogP contribution in [-0.4, -0.2) is 84.3 Å². The SMILES string of the molecule is CC1=C(C(=O)N2C[C@H]3CN(C(=O)Cc4ccc(C)cc4)C[C@@]3(CO)C2)OCCO1.O=CO. The number of amides is 2. The van der Waals surface area contributed by atoms with Crippen LogP contribution in [0.15, 0.2) is 35.8 Å². The number of likely N-dealkylation sites (tertiary alicyclic amines) is 2. The number of carbonyl (C=O) groups is 3. The van der Waals surface area contributed by atoms with E-state index in [0.717, 1.165) is 5.56 Å². The highest BCUT2D eigenvalue weighted by Gasteiger charge is 2.54. The van der Waals surface area contributed by atoms with E-state index in [0.29, 0.717) is 51.6 Å². The first-order chi connectivity index (χ1) is 15.3. The van der Waals surface area contributed by atoms with Crippen LogP contribution in [0.3, 0.4) is 0 Å². The highest BCUT2D eigenvalue weighted by atomic mass is 16.6. The Morgan fingerprint density at radius 2 is 1.69 bits per heavy atom. The van der Waals surface area contributed by atoms with Gasteiger partial charge in [-0.1, -0.05) is 29.8 Å². The number of carboxylic acid groups (broad SMARTS) is 1. The molecule has 0 bridgehead atoms. The minimum Gasteiger partial charge on any atom is -0.491 e. The van der Waals surface area contributed by atoms with Crippen molar-refractivity contribution in [3.05, 3.63) is 46.9 Å². The molecule has 2 saturated heterocycles. The molecule has 32 heavy (non-hydrogen) atoms. The molecule has 2 amide bonds. The molecule has 0 unspecified atom stereocenters. The van der Waals surface area contributed by atoms with Crippen LogP contribution in [-0.2, 0) is 30.3 Å². The summed E-state index contributed by atoms with van der Waals surface area (Å²) in [5, 5.41) is 17.1. The van der Waals surface area contributed by atoms with Gasteiger partial charge in [-0.2, -0.15) is 0 Å². The van der Waals surface area contributed by atoms with Crippen molar-refractivity contribution in [1.29, 1.82) is 0 Å². The van der Waals surface area contributed by atoms with Gasteiger partial charge in [0.05, 0.1) is 13.0 Å². The van der Waals surface area contributed by atoms with Gasteiger partial charge in [-0.3, -0.25) is 14.4 Å². The van der Waals surface area contributed by atoms with E-state index < -0.39 is 5.41 Å². The minimum absolute atomic E-state index is 0.0505. The zero-order valence-corrected chi connectivity index (χ0v) is 18.5. The summed E-state index contributed by atoms with van der Waals surface area (Å²) in [7, 11) is 0. The monoisotopic (exact) mass is 446 g/mol. The van der Waals surface area contributed by atoms with Crippen LogP contribution in [0.2, 0.25) is 0 Å². The Kier molecular flexibility index (Phi) is 7.40. The van der Waals surface area contributed by atoms with Gasteiger partial charge in [0.1, 0.15) is 19.0 Å².